The maximum absolute atomic E-state index is 10.8. The largest absolute Gasteiger partial charge is 0.508 e. The van der Waals surface area contributed by atoms with Crippen LogP contribution in [0.25, 0.3) is 10.9 Å². The first-order valence-electron chi connectivity index (χ1n) is 12.9. The van der Waals surface area contributed by atoms with Crippen molar-refractivity contribution >= 4 is 75.2 Å². The first-order chi connectivity index (χ1) is 18.9. The third-order valence-corrected chi connectivity index (χ3v) is 13.7. The van der Waals surface area contributed by atoms with Crippen LogP contribution in [0.3, 0.4) is 0 Å². The van der Waals surface area contributed by atoms with Crippen LogP contribution < -0.4 is 9.97 Å². The maximum Gasteiger partial charge on any atom is 0.195 e. The van der Waals surface area contributed by atoms with E-state index in [2.05, 4.69) is 50.7 Å². The summed E-state index contributed by atoms with van der Waals surface area (Å²) in [4.78, 5) is 6.93. The minimum absolute atomic E-state index is 0.156. The number of anilines is 2. The molecule has 0 spiro atoms. The van der Waals surface area contributed by atoms with E-state index in [0.29, 0.717) is 22.1 Å². The quantitative estimate of drug-likeness (QED) is 0.169. The molecule has 11 heteroatoms. The van der Waals surface area contributed by atoms with Crippen LogP contribution in [0.2, 0.25) is 10.0 Å². The minimum atomic E-state index is -2.27. The van der Waals surface area contributed by atoms with E-state index in [1.165, 1.54) is 0 Å². The van der Waals surface area contributed by atoms with Crippen molar-refractivity contribution in [3.63, 3.8) is 0 Å². The van der Waals surface area contributed by atoms with Gasteiger partial charge in [0.15, 0.2) is 15.5 Å². The molecular weight excluding hydrogens is 602 g/mol. The Morgan fingerprint density at radius 3 is 2.42 bits per heavy atom. The van der Waals surface area contributed by atoms with Crippen LogP contribution in [0, 0.1) is 6.92 Å². The topological polar surface area (TPSA) is 69.1 Å². The molecule has 0 saturated carbocycles. The molecule has 2 N–H and O–H groups in total. The van der Waals surface area contributed by atoms with E-state index in [4.69, 9.17) is 27.5 Å². The molecule has 1 heterocycles. The molecule has 0 aliphatic rings. The fourth-order valence-corrected chi connectivity index (χ4v) is 12.0. The SMILES string of the molecule is CCN(CC)Cc1cc(N(c2cc(C)nc3cc(O)ccc23)P(C)O[P+](C)(P)c2cc(Cl)ccc2Cl)ccc1O. The lowest BCUT2D eigenvalue weighted by molar-refractivity contribution is 0.291. The molecule has 3 aromatic carbocycles. The number of phenolic OH excluding ortho intramolecular Hbond substituents is 2. The number of phenols is 2. The molecule has 0 bridgehead atoms. The van der Waals surface area contributed by atoms with Crippen LogP contribution in [0.4, 0.5) is 11.4 Å². The van der Waals surface area contributed by atoms with Gasteiger partial charge in [0.25, 0.3) is 0 Å². The zero-order valence-corrected chi connectivity index (χ0v) is 27.7. The highest BCUT2D eigenvalue weighted by Crippen LogP contribution is 2.72. The molecule has 40 heavy (non-hydrogen) atoms. The van der Waals surface area contributed by atoms with Crippen molar-refractivity contribution in [1.29, 1.82) is 0 Å². The van der Waals surface area contributed by atoms with E-state index in [1.807, 2.05) is 37.3 Å². The molecule has 4 aromatic rings. The number of halogens is 2. The molecule has 212 valence electrons. The monoisotopic (exact) mass is 636 g/mol. The number of aromatic hydroxyl groups is 2. The van der Waals surface area contributed by atoms with Crippen molar-refractivity contribution in [2.45, 2.75) is 27.3 Å². The zero-order chi connectivity index (χ0) is 29.2. The molecular formula is C29H35Cl2N3O3P3+. The third kappa shape index (κ3) is 7.00. The number of hydrogen-bond acceptors (Lipinski definition) is 6. The van der Waals surface area contributed by atoms with Gasteiger partial charge in [0.05, 0.1) is 31.8 Å². The van der Waals surface area contributed by atoms with Crippen molar-refractivity contribution in [2.24, 2.45) is 0 Å². The van der Waals surface area contributed by atoms with Gasteiger partial charge < -0.3 is 10.2 Å². The highest BCUT2D eigenvalue weighted by Gasteiger charge is 2.39. The van der Waals surface area contributed by atoms with E-state index in [9.17, 15) is 10.2 Å². The second-order valence-corrected chi connectivity index (χ2v) is 17.9. The van der Waals surface area contributed by atoms with Gasteiger partial charge in [-0.3, -0.25) is 14.6 Å². The molecule has 0 aliphatic carbocycles. The van der Waals surface area contributed by atoms with Crippen molar-refractivity contribution in [3.8, 4) is 11.5 Å². The van der Waals surface area contributed by atoms with Gasteiger partial charge in [-0.25, -0.2) is 0 Å². The molecule has 0 radical (unpaired) electrons. The van der Waals surface area contributed by atoms with E-state index >= 15 is 0 Å². The van der Waals surface area contributed by atoms with E-state index in [0.717, 1.165) is 46.4 Å². The van der Waals surface area contributed by atoms with E-state index < -0.39 is 15.5 Å². The second kappa shape index (κ2) is 13.1. The highest BCUT2D eigenvalue weighted by molar-refractivity contribution is 8.27. The Hall–Kier alpha value is -1.74. The van der Waals surface area contributed by atoms with Crippen molar-refractivity contribution in [2.75, 3.05) is 31.1 Å². The first-order valence-corrected chi connectivity index (χ1v) is 19.1. The summed E-state index contributed by atoms with van der Waals surface area (Å²) in [6.07, 6.45) is 0. The molecule has 4 rings (SSSR count). The second-order valence-electron chi connectivity index (χ2n) is 9.70. The van der Waals surface area contributed by atoms with Gasteiger partial charge in [-0.2, -0.15) is 4.31 Å². The fraction of sp³-hybridized carbons (Fsp3) is 0.276. The van der Waals surface area contributed by atoms with Gasteiger partial charge in [0.1, 0.15) is 16.8 Å². The number of pyridine rings is 1. The lowest BCUT2D eigenvalue weighted by Crippen LogP contribution is -2.22. The lowest BCUT2D eigenvalue weighted by atomic mass is 10.1. The van der Waals surface area contributed by atoms with Crippen molar-refractivity contribution < 1.29 is 14.5 Å². The van der Waals surface area contributed by atoms with Crippen LogP contribution in [0.1, 0.15) is 25.1 Å². The van der Waals surface area contributed by atoms with Gasteiger partial charge in [-0.1, -0.05) is 37.0 Å². The molecule has 0 amide bonds. The van der Waals surface area contributed by atoms with Crippen LogP contribution in [0.5, 0.6) is 11.5 Å². The number of nitrogens with zero attached hydrogens (tertiary/aromatic N) is 3. The lowest BCUT2D eigenvalue weighted by Gasteiger charge is -2.33. The average molecular weight is 637 g/mol. The van der Waals surface area contributed by atoms with Crippen molar-refractivity contribution in [1.82, 2.24) is 9.88 Å². The predicted octanol–water partition coefficient (Wildman–Crippen LogP) is 8.88. The third-order valence-electron chi connectivity index (χ3n) is 6.68. The summed E-state index contributed by atoms with van der Waals surface area (Å²) in [6, 6.07) is 18.4. The summed E-state index contributed by atoms with van der Waals surface area (Å²) >= 11 is 13.0. The van der Waals surface area contributed by atoms with Gasteiger partial charge >= 0.3 is 0 Å². The number of hydrogen-bond donors (Lipinski definition) is 2. The van der Waals surface area contributed by atoms with E-state index in [-0.39, 0.29) is 11.5 Å². The van der Waals surface area contributed by atoms with Crippen LogP contribution >= 0.6 is 47.6 Å². The molecule has 0 fully saturated rings. The number of fused-ring (bicyclic) bond motifs is 1. The number of rotatable bonds is 10. The summed E-state index contributed by atoms with van der Waals surface area (Å²) in [5, 5.41) is 23.9. The van der Waals surface area contributed by atoms with Gasteiger partial charge in [-0.05, 0) is 68.5 Å². The van der Waals surface area contributed by atoms with Crippen LogP contribution in [0.15, 0.2) is 60.7 Å². The Bertz CT molecular complexity index is 1510. The molecule has 1 aromatic heterocycles. The Morgan fingerprint density at radius 1 is 1.00 bits per heavy atom. The van der Waals surface area contributed by atoms with Gasteiger partial charge in [-0.15, -0.1) is 0 Å². The maximum atomic E-state index is 10.8. The summed E-state index contributed by atoms with van der Waals surface area (Å²) < 4.78 is 9.09. The number of aryl methyl sites for hydroxylation is 1. The Balaban J connectivity index is 1.87. The van der Waals surface area contributed by atoms with Crippen LogP contribution in [-0.2, 0) is 10.9 Å². The first kappa shape index (κ1) is 31.2. The number of benzene rings is 3. The normalized spacial score (nSPS) is 13.9. The fourth-order valence-electron chi connectivity index (χ4n) is 4.63. The zero-order valence-electron chi connectivity index (χ0n) is 23.3. The smallest absolute Gasteiger partial charge is 0.195 e. The Kier molecular flexibility index (Phi) is 10.2. The summed E-state index contributed by atoms with van der Waals surface area (Å²) in [6.45, 7) is 12.7. The molecule has 0 saturated heterocycles. The minimum Gasteiger partial charge on any atom is -0.508 e. The molecule has 3 atom stereocenters. The van der Waals surface area contributed by atoms with Crippen molar-refractivity contribution in [3.05, 3.63) is 82.0 Å². The summed E-state index contributed by atoms with van der Waals surface area (Å²) in [7, 11) is -0.678. The Morgan fingerprint density at radius 2 is 1.73 bits per heavy atom. The van der Waals surface area contributed by atoms with Gasteiger partial charge in [0.2, 0.25) is 0 Å². The number of aromatic nitrogens is 1. The predicted molar refractivity (Wildman–Crippen MR) is 178 cm³/mol. The van der Waals surface area contributed by atoms with E-state index in [1.54, 1.807) is 30.3 Å². The molecule has 6 nitrogen and oxygen atoms in total. The van der Waals surface area contributed by atoms with Crippen LogP contribution in [-0.4, -0.2) is 46.5 Å². The Labute approximate surface area is 250 Å². The summed E-state index contributed by atoms with van der Waals surface area (Å²) in [5.74, 6) is 0.412. The summed E-state index contributed by atoms with van der Waals surface area (Å²) in [5.41, 5.74) is 4.12. The average Bonchev–Trinajstić information content (AvgIpc) is 2.89. The standard InChI is InChI=1S/C29H34Cl2N3O3P3/c1-6-33(7-2)18-20-15-22(9-13-28(20)36)34(27-14-19(3)32-26-17-23(35)10-11-24(26)27)39(4)37-40(5,38)29-16-21(30)8-12-25(29)31/h8-17H,6-7,18,38H2,1-5H3,(H-,32,35,36)/p+1. The molecule has 0 aliphatic heterocycles. The van der Waals surface area contributed by atoms with Gasteiger partial charge in [0, 0.05) is 52.7 Å². The highest BCUT2D eigenvalue weighted by atomic mass is 35.5. The molecule has 3 unspecified atom stereocenters.